The van der Waals surface area contributed by atoms with E-state index in [9.17, 15) is 10.1 Å². The SMILES string of the molecule is O=[N+]([O-])CC(Cl)c1cnc(-c2nc3ccccc3n2CCCl)[nH]1. The lowest BCUT2D eigenvalue weighted by atomic mass is 10.3. The van der Waals surface area contributed by atoms with Crippen LogP contribution in [0.3, 0.4) is 0 Å². The van der Waals surface area contributed by atoms with Gasteiger partial charge in [-0.15, -0.1) is 23.2 Å². The van der Waals surface area contributed by atoms with Gasteiger partial charge >= 0.3 is 0 Å². The second-order valence-electron chi connectivity index (χ2n) is 4.93. The molecule has 0 aliphatic carbocycles. The highest BCUT2D eigenvalue weighted by Gasteiger charge is 2.20. The van der Waals surface area contributed by atoms with Crippen LogP contribution >= 0.6 is 23.2 Å². The Hall–Kier alpha value is -2.12. The van der Waals surface area contributed by atoms with Crippen molar-refractivity contribution in [2.45, 2.75) is 11.9 Å². The Balaban J connectivity index is 2.01. The van der Waals surface area contributed by atoms with Gasteiger partial charge in [0.1, 0.15) is 5.38 Å². The Morgan fingerprint density at radius 1 is 1.39 bits per heavy atom. The molecule has 0 radical (unpaired) electrons. The van der Waals surface area contributed by atoms with Gasteiger partial charge in [-0.05, 0) is 12.1 Å². The molecule has 2 aromatic heterocycles. The third-order valence-electron chi connectivity index (χ3n) is 3.42. The summed E-state index contributed by atoms with van der Waals surface area (Å²) in [5, 5.41) is 9.81. The van der Waals surface area contributed by atoms with Crippen molar-refractivity contribution in [2.24, 2.45) is 0 Å². The lowest BCUT2D eigenvalue weighted by molar-refractivity contribution is -0.480. The molecule has 0 saturated carbocycles. The van der Waals surface area contributed by atoms with Crippen LogP contribution in [0.25, 0.3) is 22.7 Å². The number of nitrogens with one attached hydrogen (secondary N) is 1. The van der Waals surface area contributed by atoms with Crippen molar-refractivity contribution in [1.82, 2.24) is 19.5 Å². The average molecular weight is 354 g/mol. The van der Waals surface area contributed by atoms with Crippen molar-refractivity contribution in [2.75, 3.05) is 12.4 Å². The van der Waals surface area contributed by atoms with E-state index in [-0.39, 0.29) is 6.54 Å². The lowest BCUT2D eigenvalue weighted by Crippen LogP contribution is -2.08. The molecular formula is C14H13Cl2N5O2. The van der Waals surface area contributed by atoms with Crippen LogP contribution in [0.15, 0.2) is 30.5 Å². The third kappa shape index (κ3) is 3.16. The van der Waals surface area contributed by atoms with Crippen LogP contribution in [-0.2, 0) is 6.54 Å². The molecule has 9 heteroatoms. The van der Waals surface area contributed by atoms with Gasteiger partial charge < -0.3 is 9.55 Å². The Labute approximate surface area is 141 Å². The number of fused-ring (bicyclic) bond motifs is 1. The van der Waals surface area contributed by atoms with Gasteiger partial charge in [0, 0.05) is 17.3 Å². The highest BCUT2D eigenvalue weighted by Crippen LogP contribution is 2.25. The van der Waals surface area contributed by atoms with Gasteiger partial charge in [0.05, 0.1) is 22.9 Å². The van der Waals surface area contributed by atoms with Gasteiger partial charge in [0.25, 0.3) is 0 Å². The van der Waals surface area contributed by atoms with Crippen molar-refractivity contribution in [3.63, 3.8) is 0 Å². The molecule has 1 unspecified atom stereocenters. The fourth-order valence-corrected chi connectivity index (χ4v) is 2.80. The van der Waals surface area contributed by atoms with E-state index in [4.69, 9.17) is 23.2 Å². The summed E-state index contributed by atoms with van der Waals surface area (Å²) in [6.07, 6.45) is 1.50. The average Bonchev–Trinajstić information content (AvgIpc) is 3.12. The first-order valence-electron chi connectivity index (χ1n) is 6.92. The van der Waals surface area contributed by atoms with Crippen LogP contribution in [0, 0.1) is 10.1 Å². The minimum Gasteiger partial charge on any atom is -0.338 e. The summed E-state index contributed by atoms with van der Waals surface area (Å²) >= 11 is 11.9. The summed E-state index contributed by atoms with van der Waals surface area (Å²) in [6.45, 7) is 0.202. The maximum Gasteiger partial charge on any atom is 0.225 e. The molecule has 2 heterocycles. The standard InChI is InChI=1S/C14H13Cl2N5O2/c15-5-6-20-12-4-2-1-3-10(12)19-14(20)13-17-7-11(18-13)9(16)8-21(22)23/h1-4,7,9H,5-6,8H2,(H,17,18). The first kappa shape index (κ1) is 15.8. The van der Waals surface area contributed by atoms with Gasteiger partial charge in [-0.25, -0.2) is 9.97 Å². The zero-order valence-electron chi connectivity index (χ0n) is 11.9. The van der Waals surface area contributed by atoms with Gasteiger partial charge in [0.15, 0.2) is 11.6 Å². The maximum atomic E-state index is 10.6. The lowest BCUT2D eigenvalue weighted by Gasteiger charge is -2.05. The van der Waals surface area contributed by atoms with E-state index in [2.05, 4.69) is 15.0 Å². The number of aryl methyl sites for hydroxylation is 1. The second-order valence-corrected chi connectivity index (χ2v) is 5.84. The topological polar surface area (TPSA) is 89.6 Å². The number of aromatic nitrogens is 4. The number of para-hydroxylation sites is 2. The summed E-state index contributed by atoms with van der Waals surface area (Å²) in [4.78, 5) is 22.0. The van der Waals surface area contributed by atoms with E-state index in [0.29, 0.717) is 29.8 Å². The molecule has 7 nitrogen and oxygen atoms in total. The molecule has 3 aromatic rings. The number of hydrogen-bond donors (Lipinski definition) is 1. The van der Waals surface area contributed by atoms with Crippen molar-refractivity contribution in [3.8, 4) is 11.6 Å². The predicted octanol–water partition coefficient (Wildman–Crippen LogP) is 3.22. The fraction of sp³-hybridized carbons (Fsp3) is 0.286. The fourth-order valence-electron chi connectivity index (χ4n) is 2.40. The Bertz CT molecular complexity index is 845. The van der Waals surface area contributed by atoms with Crippen LogP contribution in [0.1, 0.15) is 11.1 Å². The van der Waals surface area contributed by atoms with Crippen molar-refractivity contribution < 1.29 is 4.92 Å². The van der Waals surface area contributed by atoms with Gasteiger partial charge in [0.2, 0.25) is 6.54 Å². The van der Waals surface area contributed by atoms with Crippen molar-refractivity contribution in [1.29, 1.82) is 0 Å². The van der Waals surface area contributed by atoms with Crippen LogP contribution in [0.4, 0.5) is 0 Å². The van der Waals surface area contributed by atoms with Gasteiger partial charge in [-0.2, -0.15) is 0 Å². The largest absolute Gasteiger partial charge is 0.338 e. The quantitative estimate of drug-likeness (QED) is 0.418. The number of H-pyrrole nitrogens is 1. The van der Waals surface area contributed by atoms with Crippen LogP contribution < -0.4 is 0 Å². The predicted molar refractivity (Wildman–Crippen MR) is 88.5 cm³/mol. The van der Waals surface area contributed by atoms with Crippen LogP contribution in [0.5, 0.6) is 0 Å². The number of alkyl halides is 2. The molecule has 1 N–H and O–H groups in total. The van der Waals surface area contributed by atoms with E-state index in [1.807, 2.05) is 28.8 Å². The smallest absolute Gasteiger partial charge is 0.225 e. The monoisotopic (exact) mass is 353 g/mol. The molecule has 1 atom stereocenters. The molecule has 0 fully saturated rings. The molecule has 3 rings (SSSR count). The number of rotatable bonds is 6. The molecule has 23 heavy (non-hydrogen) atoms. The Kier molecular flexibility index (Phi) is 4.49. The molecule has 1 aromatic carbocycles. The number of hydrogen-bond acceptors (Lipinski definition) is 4. The highest BCUT2D eigenvalue weighted by molar-refractivity contribution is 6.20. The van der Waals surface area contributed by atoms with Crippen molar-refractivity contribution >= 4 is 34.2 Å². The number of aromatic amines is 1. The Morgan fingerprint density at radius 2 is 2.17 bits per heavy atom. The van der Waals surface area contributed by atoms with Gasteiger partial charge in [-0.3, -0.25) is 10.1 Å². The number of nitrogens with zero attached hydrogens (tertiary/aromatic N) is 4. The first-order chi connectivity index (χ1) is 11.1. The molecule has 0 aliphatic heterocycles. The van der Waals surface area contributed by atoms with E-state index < -0.39 is 10.3 Å². The number of benzene rings is 1. The highest BCUT2D eigenvalue weighted by atomic mass is 35.5. The molecular weight excluding hydrogens is 341 g/mol. The number of nitro groups is 1. The second kappa shape index (κ2) is 6.55. The summed E-state index contributed by atoms with van der Waals surface area (Å²) in [5.74, 6) is 1.57. The zero-order valence-corrected chi connectivity index (χ0v) is 13.5. The molecule has 0 saturated heterocycles. The van der Waals surface area contributed by atoms with E-state index in [0.717, 1.165) is 11.0 Å². The number of halogens is 2. The van der Waals surface area contributed by atoms with E-state index >= 15 is 0 Å². The first-order valence-corrected chi connectivity index (χ1v) is 7.89. The molecule has 120 valence electrons. The maximum absolute atomic E-state index is 10.6. The minimum atomic E-state index is -0.767. The Morgan fingerprint density at radius 3 is 2.91 bits per heavy atom. The van der Waals surface area contributed by atoms with Crippen LogP contribution in [-0.4, -0.2) is 36.9 Å². The minimum absolute atomic E-state index is 0.374. The molecule has 0 amide bonds. The summed E-state index contributed by atoms with van der Waals surface area (Å²) in [7, 11) is 0. The normalized spacial score (nSPS) is 12.6. The van der Waals surface area contributed by atoms with E-state index in [1.165, 1.54) is 6.20 Å². The van der Waals surface area contributed by atoms with Crippen LogP contribution in [0.2, 0.25) is 0 Å². The molecule has 0 spiro atoms. The summed E-state index contributed by atoms with van der Waals surface area (Å²) in [6, 6.07) is 7.70. The third-order valence-corrected chi connectivity index (χ3v) is 3.96. The van der Waals surface area contributed by atoms with Gasteiger partial charge in [-0.1, -0.05) is 12.1 Å². The summed E-state index contributed by atoms with van der Waals surface area (Å²) in [5.41, 5.74) is 2.27. The van der Waals surface area contributed by atoms with E-state index in [1.54, 1.807) is 0 Å². The zero-order chi connectivity index (χ0) is 16.4. The molecule has 0 bridgehead atoms. The molecule has 0 aliphatic rings. The number of imidazole rings is 2. The van der Waals surface area contributed by atoms with Crippen molar-refractivity contribution in [3.05, 3.63) is 46.3 Å². The summed E-state index contributed by atoms with van der Waals surface area (Å²) < 4.78 is 1.96.